The summed E-state index contributed by atoms with van der Waals surface area (Å²) in [5.41, 5.74) is 1.28. The van der Waals surface area contributed by atoms with E-state index < -0.39 is 0 Å². The Labute approximate surface area is 96.6 Å². The number of methoxy groups -OCH3 is 1. The van der Waals surface area contributed by atoms with E-state index in [2.05, 4.69) is 28.7 Å². The van der Waals surface area contributed by atoms with Gasteiger partial charge in [0.2, 0.25) is 0 Å². The second-order valence-electron chi connectivity index (χ2n) is 3.28. The maximum absolute atomic E-state index is 6.13. The maximum Gasteiger partial charge on any atom is 0.133 e. The molecule has 1 fully saturated rings. The molecule has 0 aliphatic heterocycles. The van der Waals surface area contributed by atoms with Crippen LogP contribution in [-0.4, -0.2) is 7.11 Å². The lowest BCUT2D eigenvalue weighted by Crippen LogP contribution is -1.90. The standard InChI is InChI=1S/C10H10ClIO/c1-13-10-5-8(11)7(4-9(10)12)6-2-3-6/h4-6H,2-3H2,1H3. The molecule has 0 radical (unpaired) electrons. The summed E-state index contributed by atoms with van der Waals surface area (Å²) >= 11 is 8.41. The number of halogens is 2. The molecule has 0 unspecified atom stereocenters. The van der Waals surface area contributed by atoms with Crippen molar-refractivity contribution in [2.24, 2.45) is 0 Å². The molecule has 0 spiro atoms. The first-order valence-corrected chi connectivity index (χ1v) is 5.71. The van der Waals surface area contributed by atoms with Crippen molar-refractivity contribution in [3.05, 3.63) is 26.3 Å². The van der Waals surface area contributed by atoms with Gasteiger partial charge < -0.3 is 4.74 Å². The van der Waals surface area contributed by atoms with Crippen LogP contribution >= 0.6 is 34.2 Å². The predicted molar refractivity (Wildman–Crippen MR) is 62.7 cm³/mol. The Morgan fingerprint density at radius 1 is 1.46 bits per heavy atom. The van der Waals surface area contributed by atoms with Crippen molar-refractivity contribution >= 4 is 34.2 Å². The molecule has 70 valence electrons. The minimum Gasteiger partial charge on any atom is -0.496 e. The number of hydrogen-bond donors (Lipinski definition) is 0. The van der Waals surface area contributed by atoms with E-state index in [-0.39, 0.29) is 0 Å². The van der Waals surface area contributed by atoms with E-state index in [1.807, 2.05) is 6.07 Å². The van der Waals surface area contributed by atoms with Crippen molar-refractivity contribution in [1.29, 1.82) is 0 Å². The Balaban J connectivity index is 2.42. The Hall–Kier alpha value is 0.0400. The van der Waals surface area contributed by atoms with Gasteiger partial charge in [-0.3, -0.25) is 0 Å². The molecule has 1 saturated carbocycles. The van der Waals surface area contributed by atoms with E-state index >= 15 is 0 Å². The zero-order valence-electron chi connectivity index (χ0n) is 7.31. The lowest BCUT2D eigenvalue weighted by molar-refractivity contribution is 0.411. The smallest absolute Gasteiger partial charge is 0.133 e. The highest BCUT2D eigenvalue weighted by atomic mass is 127. The molecule has 1 aliphatic rings. The van der Waals surface area contributed by atoms with Crippen molar-refractivity contribution in [2.45, 2.75) is 18.8 Å². The summed E-state index contributed by atoms with van der Waals surface area (Å²) in [5.74, 6) is 1.57. The summed E-state index contributed by atoms with van der Waals surface area (Å²) in [6, 6.07) is 4.05. The van der Waals surface area contributed by atoms with E-state index in [9.17, 15) is 0 Å². The molecule has 1 aromatic carbocycles. The van der Waals surface area contributed by atoms with E-state index in [4.69, 9.17) is 16.3 Å². The van der Waals surface area contributed by atoms with Crippen LogP contribution in [0.25, 0.3) is 0 Å². The van der Waals surface area contributed by atoms with Gasteiger partial charge in [-0.2, -0.15) is 0 Å². The molecule has 1 aromatic rings. The van der Waals surface area contributed by atoms with Crippen LogP contribution < -0.4 is 4.74 Å². The highest BCUT2D eigenvalue weighted by Crippen LogP contribution is 2.45. The summed E-state index contributed by atoms with van der Waals surface area (Å²) in [7, 11) is 1.67. The minimum atomic E-state index is 0.701. The molecule has 0 aromatic heterocycles. The van der Waals surface area contributed by atoms with Crippen molar-refractivity contribution < 1.29 is 4.74 Å². The molecule has 0 N–H and O–H groups in total. The van der Waals surface area contributed by atoms with Crippen LogP contribution in [0, 0.1) is 3.57 Å². The Bertz CT molecular complexity index is 334. The molecule has 0 saturated heterocycles. The van der Waals surface area contributed by atoms with Crippen molar-refractivity contribution in [3.63, 3.8) is 0 Å². The van der Waals surface area contributed by atoms with Gasteiger partial charge in [-0.1, -0.05) is 11.6 Å². The van der Waals surface area contributed by atoms with Gasteiger partial charge in [0, 0.05) is 11.1 Å². The summed E-state index contributed by atoms with van der Waals surface area (Å²) in [6.07, 6.45) is 2.56. The third-order valence-electron chi connectivity index (χ3n) is 2.29. The van der Waals surface area contributed by atoms with Crippen molar-refractivity contribution in [2.75, 3.05) is 7.11 Å². The van der Waals surface area contributed by atoms with E-state index in [1.54, 1.807) is 7.11 Å². The van der Waals surface area contributed by atoms with Crippen LogP contribution in [0.1, 0.15) is 24.3 Å². The monoisotopic (exact) mass is 308 g/mol. The van der Waals surface area contributed by atoms with Crippen molar-refractivity contribution in [3.8, 4) is 5.75 Å². The van der Waals surface area contributed by atoms with Crippen LogP contribution in [-0.2, 0) is 0 Å². The Morgan fingerprint density at radius 2 is 2.15 bits per heavy atom. The first kappa shape index (κ1) is 9.59. The van der Waals surface area contributed by atoms with Crippen LogP contribution in [0.5, 0.6) is 5.75 Å². The van der Waals surface area contributed by atoms with Gasteiger partial charge in [0.1, 0.15) is 5.75 Å². The number of ether oxygens (including phenoxy) is 1. The van der Waals surface area contributed by atoms with Crippen LogP contribution in [0.15, 0.2) is 12.1 Å². The molecule has 0 heterocycles. The third-order valence-corrected chi connectivity index (χ3v) is 3.46. The molecule has 3 heteroatoms. The fraction of sp³-hybridized carbons (Fsp3) is 0.400. The normalized spacial score (nSPS) is 15.9. The number of hydrogen-bond acceptors (Lipinski definition) is 1. The highest BCUT2D eigenvalue weighted by Gasteiger charge is 2.26. The van der Waals surface area contributed by atoms with Gasteiger partial charge in [-0.25, -0.2) is 0 Å². The zero-order chi connectivity index (χ0) is 9.42. The van der Waals surface area contributed by atoms with E-state index in [0.717, 1.165) is 14.3 Å². The average molecular weight is 309 g/mol. The molecular formula is C10H10ClIO. The van der Waals surface area contributed by atoms with Crippen molar-refractivity contribution in [1.82, 2.24) is 0 Å². The first-order chi connectivity index (χ1) is 6.22. The molecule has 0 amide bonds. The molecule has 1 aliphatic carbocycles. The van der Waals surface area contributed by atoms with Gasteiger partial charge in [0.15, 0.2) is 0 Å². The molecule has 0 bridgehead atoms. The number of benzene rings is 1. The summed E-state index contributed by atoms with van der Waals surface area (Å²) in [5, 5.41) is 0.847. The zero-order valence-corrected chi connectivity index (χ0v) is 10.2. The largest absolute Gasteiger partial charge is 0.496 e. The lowest BCUT2D eigenvalue weighted by atomic mass is 10.1. The number of rotatable bonds is 2. The van der Waals surface area contributed by atoms with Gasteiger partial charge >= 0.3 is 0 Å². The third kappa shape index (κ3) is 1.94. The topological polar surface area (TPSA) is 9.23 Å². The van der Waals surface area contributed by atoms with Crippen LogP contribution in [0.4, 0.5) is 0 Å². The highest BCUT2D eigenvalue weighted by molar-refractivity contribution is 14.1. The van der Waals surface area contributed by atoms with Gasteiger partial charge in [0.25, 0.3) is 0 Å². The summed E-state index contributed by atoms with van der Waals surface area (Å²) in [4.78, 5) is 0. The second kappa shape index (κ2) is 3.65. The Morgan fingerprint density at radius 3 is 2.69 bits per heavy atom. The first-order valence-electron chi connectivity index (χ1n) is 4.25. The second-order valence-corrected chi connectivity index (χ2v) is 4.85. The molecular weight excluding hydrogens is 298 g/mol. The molecule has 2 rings (SSSR count). The van der Waals surface area contributed by atoms with Gasteiger partial charge in [-0.15, -0.1) is 0 Å². The Kier molecular flexibility index (Phi) is 2.70. The van der Waals surface area contributed by atoms with Crippen LogP contribution in [0.2, 0.25) is 5.02 Å². The van der Waals surface area contributed by atoms with Gasteiger partial charge in [0.05, 0.1) is 10.7 Å². The molecule has 0 atom stereocenters. The minimum absolute atomic E-state index is 0.701. The van der Waals surface area contributed by atoms with Crippen LogP contribution in [0.3, 0.4) is 0 Å². The SMILES string of the molecule is COc1cc(Cl)c(C2CC2)cc1I. The molecule has 13 heavy (non-hydrogen) atoms. The van der Waals surface area contributed by atoms with E-state index in [1.165, 1.54) is 18.4 Å². The lowest BCUT2D eigenvalue weighted by Gasteiger charge is -2.07. The molecule has 1 nitrogen and oxygen atoms in total. The fourth-order valence-electron chi connectivity index (χ4n) is 1.41. The van der Waals surface area contributed by atoms with Gasteiger partial charge in [-0.05, 0) is 53.0 Å². The summed E-state index contributed by atoms with van der Waals surface area (Å²) < 4.78 is 6.33. The fourth-order valence-corrected chi connectivity index (χ4v) is 2.43. The summed E-state index contributed by atoms with van der Waals surface area (Å²) in [6.45, 7) is 0. The maximum atomic E-state index is 6.13. The van der Waals surface area contributed by atoms with E-state index in [0.29, 0.717) is 5.92 Å². The quantitative estimate of drug-likeness (QED) is 0.755. The average Bonchev–Trinajstić information content (AvgIpc) is 2.91. The predicted octanol–water partition coefficient (Wildman–Crippen LogP) is 3.83.